The molecule has 0 aromatic rings. The molecular weight excluding hydrogens is 620 g/mol. The Kier molecular flexibility index (Phi) is 27.6. The maximum atomic E-state index is 12.4. The molecule has 286 valence electrons. The summed E-state index contributed by atoms with van der Waals surface area (Å²) in [5.41, 5.74) is 0. The monoisotopic (exact) mass is 695 g/mol. The topological polar surface area (TPSA) is 130 Å². The van der Waals surface area contributed by atoms with Crippen LogP contribution >= 0.6 is 0 Å². The lowest BCUT2D eigenvalue weighted by molar-refractivity contribution is -0.161. The number of hydrogen-bond acceptors (Lipinski definition) is 8. The van der Waals surface area contributed by atoms with Crippen molar-refractivity contribution in [3.63, 3.8) is 0 Å². The van der Waals surface area contributed by atoms with Crippen molar-refractivity contribution in [1.29, 1.82) is 0 Å². The summed E-state index contributed by atoms with van der Waals surface area (Å²) in [5.74, 6) is -0.357. The van der Waals surface area contributed by atoms with Crippen LogP contribution in [0.3, 0.4) is 0 Å². The summed E-state index contributed by atoms with van der Waals surface area (Å²) in [6.07, 6.45) is 26.0. The van der Waals surface area contributed by atoms with E-state index in [1.54, 1.807) is 12.2 Å². The van der Waals surface area contributed by atoms with Gasteiger partial charge in [0.2, 0.25) is 0 Å². The molecule has 0 aromatic carbocycles. The number of aliphatic hydroxyl groups is 3. The minimum atomic E-state index is -0.841. The van der Waals surface area contributed by atoms with E-state index in [0.29, 0.717) is 19.3 Å². The number of carbonyl (C=O) groups excluding carboxylic acids is 3. The predicted molar refractivity (Wildman–Crippen MR) is 197 cm³/mol. The quantitative estimate of drug-likeness (QED) is 0.0362. The number of unbranched alkanes of at least 4 members (excludes halogenated alkanes) is 16. The zero-order valence-electron chi connectivity index (χ0n) is 31.6. The van der Waals surface area contributed by atoms with Crippen molar-refractivity contribution in [2.45, 2.75) is 200 Å². The highest BCUT2D eigenvalue weighted by Gasteiger charge is 2.39. The molecule has 0 bridgehead atoms. The van der Waals surface area contributed by atoms with Crippen LogP contribution in [0.15, 0.2) is 12.2 Å². The zero-order valence-corrected chi connectivity index (χ0v) is 31.6. The number of rotatable bonds is 32. The second kappa shape index (κ2) is 29.9. The first kappa shape index (κ1) is 45.3. The fourth-order valence-corrected chi connectivity index (χ4v) is 6.76. The number of esters is 2. The highest BCUT2D eigenvalue weighted by molar-refractivity contribution is 5.86. The van der Waals surface area contributed by atoms with Gasteiger partial charge in [-0.2, -0.15) is 0 Å². The number of ketones is 1. The molecule has 3 N–H and O–H groups in total. The van der Waals surface area contributed by atoms with E-state index in [1.165, 1.54) is 64.2 Å². The van der Waals surface area contributed by atoms with E-state index in [0.717, 1.165) is 70.1 Å². The first-order chi connectivity index (χ1) is 23.7. The number of allylic oxidation sites excluding steroid dienone is 1. The largest absolute Gasteiger partial charge is 0.462 e. The summed E-state index contributed by atoms with van der Waals surface area (Å²) < 4.78 is 10.6. The Bertz CT molecular complexity index is 872. The minimum absolute atomic E-state index is 0.0359. The van der Waals surface area contributed by atoms with Crippen molar-refractivity contribution >= 4 is 17.7 Å². The van der Waals surface area contributed by atoms with Gasteiger partial charge in [0.15, 0.2) is 6.10 Å². The lowest BCUT2D eigenvalue weighted by Crippen LogP contribution is -2.28. The summed E-state index contributed by atoms with van der Waals surface area (Å²) >= 11 is 0. The minimum Gasteiger partial charge on any atom is -0.462 e. The Labute approximate surface area is 299 Å². The molecule has 8 heteroatoms. The Balaban J connectivity index is 2.07. The first-order valence-corrected chi connectivity index (χ1v) is 20.2. The molecule has 1 aliphatic carbocycles. The highest BCUT2D eigenvalue weighted by Crippen LogP contribution is 2.34. The summed E-state index contributed by atoms with van der Waals surface area (Å²) in [6.45, 7) is 6.18. The van der Waals surface area contributed by atoms with Gasteiger partial charge in [0.25, 0.3) is 0 Å². The molecule has 49 heavy (non-hydrogen) atoms. The van der Waals surface area contributed by atoms with Crippen molar-refractivity contribution in [2.24, 2.45) is 17.8 Å². The van der Waals surface area contributed by atoms with Gasteiger partial charge in [0.1, 0.15) is 12.4 Å². The maximum absolute atomic E-state index is 12.4. The van der Waals surface area contributed by atoms with Crippen molar-refractivity contribution in [1.82, 2.24) is 0 Å². The number of hydrogen-bond donors (Lipinski definition) is 3. The standard InChI is InChI=1S/C41H74O8/c1-4-5-18-24-34(43)28-29-37-36(38(44)30-39(37)45)25-20-16-17-21-26-40(46)48-32-35(31-42)49-41(47)27-22-15-13-11-9-7-6-8-10-12-14-19-23-33(2)3/h28-29,33-38,42-44H,4-27,30-32H2,1-3H3/b29-28+/t34-,35-,36+,37+,38-/m0/s1. The molecule has 5 atom stereocenters. The number of carbonyl (C=O) groups is 3. The molecule has 1 saturated carbocycles. The van der Waals surface area contributed by atoms with Gasteiger partial charge < -0.3 is 24.8 Å². The molecular formula is C41H74O8. The Hall–Kier alpha value is -1.77. The van der Waals surface area contributed by atoms with Crippen molar-refractivity contribution in [2.75, 3.05) is 13.2 Å². The number of aliphatic hydroxyl groups excluding tert-OH is 3. The van der Waals surface area contributed by atoms with E-state index in [-0.39, 0.29) is 55.6 Å². The maximum Gasteiger partial charge on any atom is 0.306 e. The van der Waals surface area contributed by atoms with Gasteiger partial charge in [0, 0.05) is 25.2 Å². The van der Waals surface area contributed by atoms with Crippen molar-refractivity contribution in [3.05, 3.63) is 12.2 Å². The van der Waals surface area contributed by atoms with Crippen LogP contribution in [0.1, 0.15) is 181 Å². The predicted octanol–water partition coefficient (Wildman–Crippen LogP) is 8.96. The molecule has 0 spiro atoms. The fourth-order valence-electron chi connectivity index (χ4n) is 6.76. The Morgan fingerprint density at radius 2 is 1.31 bits per heavy atom. The van der Waals surface area contributed by atoms with E-state index in [9.17, 15) is 29.7 Å². The smallest absolute Gasteiger partial charge is 0.306 e. The van der Waals surface area contributed by atoms with Crippen LogP contribution in [-0.2, 0) is 23.9 Å². The van der Waals surface area contributed by atoms with Gasteiger partial charge >= 0.3 is 11.9 Å². The molecule has 0 saturated heterocycles. The second-order valence-corrected chi connectivity index (χ2v) is 15.0. The Morgan fingerprint density at radius 1 is 0.776 bits per heavy atom. The molecule has 0 aliphatic heterocycles. The van der Waals surface area contributed by atoms with Crippen LogP contribution in [0, 0.1) is 17.8 Å². The third-order valence-corrected chi connectivity index (χ3v) is 9.89. The number of ether oxygens (including phenoxy) is 2. The van der Waals surface area contributed by atoms with Gasteiger partial charge in [-0.15, -0.1) is 0 Å². The average molecular weight is 695 g/mol. The summed E-state index contributed by atoms with van der Waals surface area (Å²) in [7, 11) is 0. The van der Waals surface area contributed by atoms with Crippen LogP contribution < -0.4 is 0 Å². The molecule has 0 radical (unpaired) electrons. The average Bonchev–Trinajstić information content (AvgIpc) is 3.34. The third kappa shape index (κ3) is 24.1. The third-order valence-electron chi connectivity index (χ3n) is 9.89. The van der Waals surface area contributed by atoms with E-state index >= 15 is 0 Å². The molecule has 8 nitrogen and oxygen atoms in total. The second-order valence-electron chi connectivity index (χ2n) is 15.0. The molecule has 1 rings (SSSR count). The summed E-state index contributed by atoms with van der Waals surface area (Å²) in [6, 6.07) is 0. The molecule has 0 amide bonds. The SMILES string of the molecule is CCCCC[C@H](O)/C=C/[C@H]1C(=O)C[C@H](O)[C@@H]1CCCCCCC(=O)OC[C@H](CO)OC(=O)CCCCCCCCCCCCCCC(C)C. The van der Waals surface area contributed by atoms with Gasteiger partial charge in [-0.25, -0.2) is 0 Å². The van der Waals surface area contributed by atoms with Crippen molar-refractivity contribution in [3.8, 4) is 0 Å². The number of Topliss-reactive ketones (excluding diaryl/α,β-unsaturated/α-hetero) is 1. The van der Waals surface area contributed by atoms with Crippen LogP contribution in [-0.4, -0.2) is 64.6 Å². The zero-order chi connectivity index (χ0) is 36.1. The highest BCUT2D eigenvalue weighted by atomic mass is 16.6. The van der Waals surface area contributed by atoms with Crippen LogP contribution in [0.2, 0.25) is 0 Å². The summed E-state index contributed by atoms with van der Waals surface area (Å²) in [5, 5.41) is 30.2. The van der Waals surface area contributed by atoms with Gasteiger partial charge in [0.05, 0.1) is 18.8 Å². The lowest BCUT2D eigenvalue weighted by Gasteiger charge is -2.19. The Morgan fingerprint density at radius 3 is 1.88 bits per heavy atom. The molecule has 1 aliphatic rings. The van der Waals surface area contributed by atoms with E-state index in [1.807, 2.05) is 0 Å². The molecule has 0 heterocycles. The van der Waals surface area contributed by atoms with E-state index in [2.05, 4.69) is 20.8 Å². The lowest BCUT2D eigenvalue weighted by atomic mass is 9.88. The van der Waals surface area contributed by atoms with Crippen LogP contribution in [0.25, 0.3) is 0 Å². The van der Waals surface area contributed by atoms with Gasteiger partial charge in [-0.05, 0) is 37.5 Å². The van der Waals surface area contributed by atoms with Crippen molar-refractivity contribution < 1.29 is 39.2 Å². The summed E-state index contributed by atoms with van der Waals surface area (Å²) in [4.78, 5) is 36.9. The van der Waals surface area contributed by atoms with E-state index in [4.69, 9.17) is 9.47 Å². The molecule has 0 aromatic heterocycles. The van der Waals surface area contributed by atoms with Crippen LogP contribution in [0.4, 0.5) is 0 Å². The van der Waals surface area contributed by atoms with Gasteiger partial charge in [-0.1, -0.05) is 148 Å². The van der Waals surface area contributed by atoms with E-state index < -0.39 is 18.3 Å². The van der Waals surface area contributed by atoms with Crippen LogP contribution in [0.5, 0.6) is 0 Å². The van der Waals surface area contributed by atoms with Gasteiger partial charge in [-0.3, -0.25) is 14.4 Å². The fraction of sp³-hybridized carbons (Fsp3) is 0.878. The normalized spacial score (nSPS) is 19.2. The molecule has 0 unspecified atom stereocenters. The first-order valence-electron chi connectivity index (χ1n) is 20.2. The molecule has 1 fully saturated rings.